The van der Waals surface area contributed by atoms with Crippen LogP contribution in [-0.4, -0.2) is 73.5 Å². The third-order valence-electron chi connectivity index (χ3n) is 6.71. The lowest BCUT2D eigenvalue weighted by molar-refractivity contribution is -0.155. The normalized spacial score (nSPS) is 20.6. The van der Waals surface area contributed by atoms with Crippen LogP contribution in [0.4, 0.5) is 38.1 Å². The van der Waals surface area contributed by atoms with Gasteiger partial charge in [0.1, 0.15) is 10.3 Å². The molecule has 2 aromatic carbocycles. The van der Waals surface area contributed by atoms with Gasteiger partial charge in [0, 0.05) is 30.8 Å². The number of sulfonamides is 1. The minimum Gasteiger partial charge on any atom is -0.493 e. The van der Waals surface area contributed by atoms with E-state index in [4.69, 9.17) is 9.47 Å². The quantitative estimate of drug-likeness (QED) is 0.310. The molecular weight excluding hydrogens is 633 g/mol. The van der Waals surface area contributed by atoms with E-state index in [1.54, 1.807) is 20.8 Å². The molecule has 3 atom stereocenters. The zero-order chi connectivity index (χ0) is 33.3. The Kier molecular flexibility index (Phi) is 10.4. The number of amides is 2. The van der Waals surface area contributed by atoms with Gasteiger partial charge < -0.3 is 19.7 Å². The summed E-state index contributed by atoms with van der Waals surface area (Å²) in [6.07, 6.45) is -6.05. The summed E-state index contributed by atoms with van der Waals surface area (Å²) in [5.74, 6) is -5.78. The summed E-state index contributed by atoms with van der Waals surface area (Å²) in [4.78, 5) is 26.6. The van der Waals surface area contributed by atoms with Crippen LogP contribution in [0.3, 0.4) is 0 Å². The summed E-state index contributed by atoms with van der Waals surface area (Å²) in [5.41, 5.74) is -0.749. The lowest BCUT2D eigenvalue weighted by atomic mass is 9.85. The number of carbonyl (C=O) groups is 2. The standard InChI is InChI=1S/C28H34F5N3O6S2/c1-26(2,3)42-25(38)36(5)12-13-44(39,40)35-17-9-7-8-16(14-17)34-24(37)23-19(15-27(4,43-23)28(31,32)33)18-10-11-20(29)21(30)22(18)41-6/h7-11,14,19,23,35H,12-13,15H2,1-6H3,(H,34,37)/t19-,23+,27+/m0/s1. The maximum atomic E-state index is 14.5. The molecule has 0 bridgehead atoms. The highest BCUT2D eigenvalue weighted by atomic mass is 32.2. The Balaban J connectivity index is 1.79. The number of nitrogens with one attached hydrogen (secondary N) is 2. The van der Waals surface area contributed by atoms with Crippen molar-refractivity contribution in [1.82, 2.24) is 4.90 Å². The Bertz CT molecular complexity index is 1500. The van der Waals surface area contributed by atoms with Crippen molar-refractivity contribution in [1.29, 1.82) is 0 Å². The van der Waals surface area contributed by atoms with Crippen molar-refractivity contribution in [2.45, 2.75) is 61.8 Å². The summed E-state index contributed by atoms with van der Waals surface area (Å²) in [6.45, 7) is 5.75. The molecule has 1 heterocycles. The zero-order valence-electron chi connectivity index (χ0n) is 24.8. The molecule has 0 spiro atoms. The highest BCUT2D eigenvalue weighted by Gasteiger charge is 2.60. The molecule has 2 amide bonds. The Morgan fingerprint density at radius 1 is 1.11 bits per heavy atom. The highest BCUT2D eigenvalue weighted by Crippen LogP contribution is 2.59. The molecule has 1 aliphatic heterocycles. The first-order chi connectivity index (χ1) is 20.2. The van der Waals surface area contributed by atoms with Gasteiger partial charge >= 0.3 is 12.3 Å². The molecule has 9 nitrogen and oxygen atoms in total. The molecule has 1 saturated heterocycles. The van der Waals surface area contributed by atoms with Gasteiger partial charge in [0.15, 0.2) is 11.6 Å². The predicted molar refractivity (Wildman–Crippen MR) is 157 cm³/mol. The molecule has 16 heteroatoms. The van der Waals surface area contributed by atoms with E-state index in [0.29, 0.717) is 11.8 Å². The Hall–Kier alpha value is -3.27. The van der Waals surface area contributed by atoms with Gasteiger partial charge in [0.05, 0.1) is 23.8 Å². The molecule has 2 aromatic rings. The maximum Gasteiger partial charge on any atom is 0.410 e. The van der Waals surface area contributed by atoms with Gasteiger partial charge in [-0.15, -0.1) is 11.8 Å². The van der Waals surface area contributed by atoms with Crippen LogP contribution >= 0.6 is 11.8 Å². The van der Waals surface area contributed by atoms with Crippen LogP contribution in [0.15, 0.2) is 36.4 Å². The number of thioether (sulfide) groups is 1. The lowest BCUT2D eigenvalue weighted by Gasteiger charge is -2.26. The number of alkyl halides is 3. The summed E-state index contributed by atoms with van der Waals surface area (Å²) in [5, 5.41) is 1.11. The van der Waals surface area contributed by atoms with Crippen molar-refractivity contribution < 1.29 is 49.4 Å². The first-order valence-electron chi connectivity index (χ1n) is 13.3. The average Bonchev–Trinajstić information content (AvgIpc) is 3.26. The fraction of sp³-hybridized carbons (Fsp3) is 0.500. The van der Waals surface area contributed by atoms with E-state index in [1.807, 2.05) is 0 Å². The minimum atomic E-state index is -4.73. The predicted octanol–water partition coefficient (Wildman–Crippen LogP) is 6.13. The number of anilines is 2. The van der Waals surface area contributed by atoms with Crippen LogP contribution in [0.5, 0.6) is 5.75 Å². The largest absolute Gasteiger partial charge is 0.493 e. The summed E-state index contributed by atoms with van der Waals surface area (Å²) in [6, 6.07) is 7.34. The summed E-state index contributed by atoms with van der Waals surface area (Å²) in [7, 11) is -1.55. The van der Waals surface area contributed by atoms with Gasteiger partial charge in [-0.05, 0) is 58.4 Å². The van der Waals surface area contributed by atoms with E-state index in [1.165, 1.54) is 31.3 Å². The van der Waals surface area contributed by atoms with Crippen LogP contribution < -0.4 is 14.8 Å². The second-order valence-corrected chi connectivity index (χ2v) is 14.9. The van der Waals surface area contributed by atoms with Gasteiger partial charge in [-0.25, -0.2) is 17.6 Å². The SMILES string of the molecule is COc1c([C@@H]2C[C@](C)(C(F)(F)F)S[C@H]2C(=O)Nc2cccc(NS(=O)(=O)CCN(C)C(=O)OC(C)(C)C)c2)ccc(F)c1F. The van der Waals surface area contributed by atoms with Crippen molar-refractivity contribution >= 4 is 45.2 Å². The van der Waals surface area contributed by atoms with E-state index in [-0.39, 0.29) is 23.5 Å². The lowest BCUT2D eigenvalue weighted by Crippen LogP contribution is -2.37. The van der Waals surface area contributed by atoms with Crippen molar-refractivity contribution in [2.75, 3.05) is 36.5 Å². The Morgan fingerprint density at radius 3 is 2.34 bits per heavy atom. The molecule has 244 valence electrons. The van der Waals surface area contributed by atoms with Crippen LogP contribution in [0.25, 0.3) is 0 Å². The Morgan fingerprint density at radius 2 is 1.75 bits per heavy atom. The smallest absolute Gasteiger partial charge is 0.410 e. The summed E-state index contributed by atoms with van der Waals surface area (Å²) < 4.78 is 106. The number of benzene rings is 2. The summed E-state index contributed by atoms with van der Waals surface area (Å²) >= 11 is 0.346. The number of halogens is 5. The zero-order valence-corrected chi connectivity index (χ0v) is 26.5. The number of nitrogens with zero attached hydrogens (tertiary/aromatic N) is 1. The van der Waals surface area contributed by atoms with E-state index < -0.39 is 79.3 Å². The third kappa shape index (κ3) is 8.46. The second kappa shape index (κ2) is 13.0. The van der Waals surface area contributed by atoms with Crippen molar-refractivity contribution in [2.24, 2.45) is 0 Å². The molecule has 0 aromatic heterocycles. The molecule has 0 saturated carbocycles. The maximum absolute atomic E-state index is 14.5. The first-order valence-corrected chi connectivity index (χ1v) is 15.8. The van der Waals surface area contributed by atoms with E-state index in [2.05, 4.69) is 10.0 Å². The van der Waals surface area contributed by atoms with Gasteiger partial charge in [-0.1, -0.05) is 12.1 Å². The topological polar surface area (TPSA) is 114 Å². The van der Waals surface area contributed by atoms with Crippen LogP contribution in [0, 0.1) is 11.6 Å². The molecule has 44 heavy (non-hydrogen) atoms. The second-order valence-electron chi connectivity index (χ2n) is 11.5. The minimum absolute atomic E-state index is 0.0424. The van der Waals surface area contributed by atoms with Crippen molar-refractivity contribution in [3.05, 3.63) is 53.6 Å². The van der Waals surface area contributed by atoms with E-state index in [0.717, 1.165) is 31.1 Å². The molecule has 0 radical (unpaired) electrons. The van der Waals surface area contributed by atoms with E-state index in [9.17, 15) is 40.0 Å². The molecule has 1 aliphatic rings. The van der Waals surface area contributed by atoms with E-state index >= 15 is 0 Å². The monoisotopic (exact) mass is 667 g/mol. The fourth-order valence-corrected chi connectivity index (χ4v) is 7.11. The van der Waals surface area contributed by atoms with Crippen molar-refractivity contribution in [3.63, 3.8) is 0 Å². The average molecular weight is 668 g/mol. The molecule has 2 N–H and O–H groups in total. The van der Waals surface area contributed by atoms with Crippen LogP contribution in [0.1, 0.15) is 45.6 Å². The number of methoxy groups -OCH3 is 1. The van der Waals surface area contributed by atoms with Crippen LogP contribution in [0.2, 0.25) is 0 Å². The fourth-order valence-electron chi connectivity index (χ4n) is 4.47. The van der Waals surface area contributed by atoms with Gasteiger partial charge in [-0.3, -0.25) is 9.52 Å². The number of hydrogen-bond donors (Lipinski definition) is 2. The molecule has 1 fully saturated rings. The highest BCUT2D eigenvalue weighted by molar-refractivity contribution is 8.02. The molecular formula is C28H34F5N3O6S2. The van der Waals surface area contributed by atoms with Crippen LogP contribution in [-0.2, 0) is 19.6 Å². The number of carbonyl (C=O) groups excluding carboxylic acids is 2. The molecule has 0 aliphatic carbocycles. The molecule has 0 unspecified atom stereocenters. The molecule has 3 rings (SSSR count). The van der Waals surface area contributed by atoms with Crippen molar-refractivity contribution in [3.8, 4) is 5.75 Å². The van der Waals surface area contributed by atoms with Gasteiger partial charge in [-0.2, -0.15) is 17.6 Å². The first kappa shape index (κ1) is 35.2. The van der Waals surface area contributed by atoms with Gasteiger partial charge in [0.2, 0.25) is 21.7 Å². The van der Waals surface area contributed by atoms with Gasteiger partial charge in [0.25, 0.3) is 0 Å². The third-order valence-corrected chi connectivity index (χ3v) is 9.69. The number of rotatable bonds is 9. The number of hydrogen-bond acceptors (Lipinski definition) is 7. The number of ether oxygens (including phenoxy) is 2. The Labute approximate surface area is 256 Å².